The quantitative estimate of drug-likeness (QED) is 0.566. The van der Waals surface area contributed by atoms with Gasteiger partial charge in [0.25, 0.3) is 0 Å². The highest BCUT2D eigenvalue weighted by Gasteiger charge is 2.01. The Morgan fingerprint density at radius 2 is 2.38 bits per heavy atom. The zero-order valence-electron chi connectivity index (χ0n) is 8.12. The van der Waals surface area contributed by atoms with E-state index in [2.05, 4.69) is 4.98 Å². The van der Waals surface area contributed by atoms with Gasteiger partial charge in [-0.1, -0.05) is 13.0 Å². The van der Waals surface area contributed by atoms with E-state index in [0.717, 1.165) is 18.5 Å². The summed E-state index contributed by atoms with van der Waals surface area (Å²) in [5.41, 5.74) is 1.14. The van der Waals surface area contributed by atoms with Gasteiger partial charge in [0.2, 0.25) is 0 Å². The third-order valence-electron chi connectivity index (χ3n) is 1.94. The molecule has 1 heterocycles. The van der Waals surface area contributed by atoms with E-state index in [0.29, 0.717) is 5.84 Å². The van der Waals surface area contributed by atoms with Gasteiger partial charge in [0.1, 0.15) is 0 Å². The van der Waals surface area contributed by atoms with E-state index in [4.69, 9.17) is 5.41 Å². The molecule has 0 aliphatic rings. The predicted molar refractivity (Wildman–Crippen MR) is 53.7 cm³/mol. The predicted octanol–water partition coefficient (Wildman–Crippen LogP) is 1.90. The number of amidine groups is 1. The Morgan fingerprint density at radius 1 is 1.62 bits per heavy atom. The van der Waals surface area contributed by atoms with Crippen molar-refractivity contribution in [1.29, 1.82) is 5.41 Å². The Kier molecular flexibility index (Phi) is 3.43. The summed E-state index contributed by atoms with van der Waals surface area (Å²) in [7, 11) is 1.93. The van der Waals surface area contributed by atoms with Crippen LogP contribution in [0.4, 0.5) is 0 Å². The Bertz CT molecular complexity index is 269. The van der Waals surface area contributed by atoms with Gasteiger partial charge in [-0.25, -0.2) is 0 Å². The summed E-state index contributed by atoms with van der Waals surface area (Å²) in [6.45, 7) is 2.75. The molecule has 1 aromatic rings. The first kappa shape index (κ1) is 9.71. The average molecular weight is 177 g/mol. The SMILES string of the molecule is CCC(=N)N(C)Cc1cccnc1. The van der Waals surface area contributed by atoms with Gasteiger partial charge in [0.15, 0.2) is 0 Å². The molecule has 3 heteroatoms. The van der Waals surface area contributed by atoms with Crippen LogP contribution in [0.1, 0.15) is 18.9 Å². The fourth-order valence-corrected chi connectivity index (χ4v) is 1.13. The van der Waals surface area contributed by atoms with Crippen molar-refractivity contribution in [3.63, 3.8) is 0 Å². The smallest absolute Gasteiger partial charge is 0.0955 e. The van der Waals surface area contributed by atoms with Crippen LogP contribution < -0.4 is 0 Å². The van der Waals surface area contributed by atoms with Gasteiger partial charge in [-0.15, -0.1) is 0 Å². The van der Waals surface area contributed by atoms with Crippen LogP contribution in [0.25, 0.3) is 0 Å². The second-order valence-electron chi connectivity index (χ2n) is 3.02. The largest absolute Gasteiger partial charge is 0.359 e. The van der Waals surface area contributed by atoms with E-state index in [1.807, 2.05) is 37.2 Å². The minimum absolute atomic E-state index is 0.656. The van der Waals surface area contributed by atoms with Crippen LogP contribution in [0.2, 0.25) is 0 Å². The fraction of sp³-hybridized carbons (Fsp3) is 0.400. The van der Waals surface area contributed by atoms with Crippen LogP contribution >= 0.6 is 0 Å². The Hall–Kier alpha value is -1.38. The van der Waals surface area contributed by atoms with Gasteiger partial charge in [0.05, 0.1) is 5.84 Å². The van der Waals surface area contributed by atoms with E-state index in [-0.39, 0.29) is 0 Å². The molecular weight excluding hydrogens is 162 g/mol. The van der Waals surface area contributed by atoms with Crippen molar-refractivity contribution >= 4 is 5.84 Å². The van der Waals surface area contributed by atoms with Gasteiger partial charge in [-0.3, -0.25) is 10.4 Å². The van der Waals surface area contributed by atoms with E-state index >= 15 is 0 Å². The molecular formula is C10H15N3. The zero-order chi connectivity index (χ0) is 9.68. The number of hydrogen-bond acceptors (Lipinski definition) is 2. The molecule has 0 saturated carbocycles. The molecule has 13 heavy (non-hydrogen) atoms. The molecule has 3 nitrogen and oxygen atoms in total. The zero-order valence-corrected chi connectivity index (χ0v) is 8.12. The molecule has 0 amide bonds. The van der Waals surface area contributed by atoms with Gasteiger partial charge >= 0.3 is 0 Å². The van der Waals surface area contributed by atoms with E-state index in [9.17, 15) is 0 Å². The second-order valence-corrected chi connectivity index (χ2v) is 3.02. The normalized spacial score (nSPS) is 9.69. The molecule has 0 radical (unpaired) electrons. The summed E-state index contributed by atoms with van der Waals surface area (Å²) < 4.78 is 0. The van der Waals surface area contributed by atoms with Crippen molar-refractivity contribution in [2.45, 2.75) is 19.9 Å². The molecule has 0 aliphatic carbocycles. The maximum Gasteiger partial charge on any atom is 0.0955 e. The minimum atomic E-state index is 0.656. The minimum Gasteiger partial charge on any atom is -0.359 e. The van der Waals surface area contributed by atoms with Crippen LogP contribution in [-0.2, 0) is 6.54 Å². The summed E-state index contributed by atoms with van der Waals surface area (Å²) in [4.78, 5) is 5.95. The number of nitrogens with zero attached hydrogens (tertiary/aromatic N) is 2. The lowest BCUT2D eigenvalue weighted by Crippen LogP contribution is -2.24. The summed E-state index contributed by atoms with van der Waals surface area (Å²) in [6.07, 6.45) is 4.37. The molecule has 0 aliphatic heterocycles. The monoisotopic (exact) mass is 177 g/mol. The van der Waals surface area contributed by atoms with Gasteiger partial charge in [-0.05, 0) is 11.6 Å². The van der Waals surface area contributed by atoms with Crippen LogP contribution in [-0.4, -0.2) is 22.8 Å². The highest BCUT2D eigenvalue weighted by molar-refractivity contribution is 5.78. The summed E-state index contributed by atoms with van der Waals surface area (Å²) in [6, 6.07) is 3.94. The van der Waals surface area contributed by atoms with Gasteiger partial charge in [0, 0.05) is 32.4 Å². The molecule has 0 unspecified atom stereocenters. The van der Waals surface area contributed by atoms with E-state index in [1.165, 1.54) is 0 Å². The molecule has 0 atom stereocenters. The lowest BCUT2D eigenvalue weighted by atomic mass is 10.2. The number of pyridine rings is 1. The molecule has 1 N–H and O–H groups in total. The summed E-state index contributed by atoms with van der Waals surface area (Å²) in [5, 5.41) is 7.60. The van der Waals surface area contributed by atoms with Crippen LogP contribution in [0.3, 0.4) is 0 Å². The number of rotatable bonds is 3. The van der Waals surface area contributed by atoms with Crippen molar-refractivity contribution < 1.29 is 0 Å². The van der Waals surface area contributed by atoms with E-state index in [1.54, 1.807) is 6.20 Å². The standard InChI is InChI=1S/C10H15N3/c1-3-10(11)13(2)8-9-5-4-6-12-7-9/h4-7,11H,3,8H2,1-2H3. The Labute approximate surface area is 78.9 Å². The van der Waals surface area contributed by atoms with Crippen LogP contribution in [0, 0.1) is 5.41 Å². The first-order valence-corrected chi connectivity index (χ1v) is 4.41. The maximum atomic E-state index is 7.60. The van der Waals surface area contributed by atoms with Gasteiger partial charge in [-0.2, -0.15) is 0 Å². The molecule has 1 aromatic heterocycles. The lowest BCUT2D eigenvalue weighted by Gasteiger charge is -2.18. The summed E-state index contributed by atoms with van der Waals surface area (Å²) in [5.74, 6) is 0.656. The third kappa shape index (κ3) is 2.86. The Morgan fingerprint density at radius 3 is 2.92 bits per heavy atom. The number of hydrogen-bond donors (Lipinski definition) is 1. The van der Waals surface area contributed by atoms with Crippen molar-refractivity contribution in [2.24, 2.45) is 0 Å². The molecule has 0 aromatic carbocycles. The summed E-state index contributed by atoms with van der Waals surface area (Å²) >= 11 is 0. The van der Waals surface area contributed by atoms with Crippen molar-refractivity contribution in [3.8, 4) is 0 Å². The first-order chi connectivity index (χ1) is 6.24. The van der Waals surface area contributed by atoms with Crippen molar-refractivity contribution in [1.82, 2.24) is 9.88 Å². The molecule has 0 saturated heterocycles. The molecule has 0 fully saturated rings. The highest BCUT2D eigenvalue weighted by Crippen LogP contribution is 2.01. The third-order valence-corrected chi connectivity index (χ3v) is 1.94. The molecule has 70 valence electrons. The molecule has 1 rings (SSSR count). The van der Waals surface area contributed by atoms with Crippen molar-refractivity contribution in [2.75, 3.05) is 7.05 Å². The lowest BCUT2D eigenvalue weighted by molar-refractivity contribution is 0.486. The second kappa shape index (κ2) is 4.60. The number of nitrogens with one attached hydrogen (secondary N) is 1. The van der Waals surface area contributed by atoms with Crippen LogP contribution in [0.15, 0.2) is 24.5 Å². The Balaban J connectivity index is 2.55. The van der Waals surface area contributed by atoms with Gasteiger partial charge < -0.3 is 4.90 Å². The van der Waals surface area contributed by atoms with E-state index < -0.39 is 0 Å². The molecule has 0 spiro atoms. The fourth-order valence-electron chi connectivity index (χ4n) is 1.13. The highest BCUT2D eigenvalue weighted by atomic mass is 15.1. The average Bonchev–Trinajstić information content (AvgIpc) is 2.18. The maximum absolute atomic E-state index is 7.60. The first-order valence-electron chi connectivity index (χ1n) is 4.41. The van der Waals surface area contributed by atoms with Crippen molar-refractivity contribution in [3.05, 3.63) is 30.1 Å². The topological polar surface area (TPSA) is 40.0 Å². The van der Waals surface area contributed by atoms with Crippen LogP contribution in [0.5, 0.6) is 0 Å². The number of aromatic nitrogens is 1. The molecule has 0 bridgehead atoms.